The number of pyridine rings is 1. The first-order valence-corrected chi connectivity index (χ1v) is 11.6. The lowest BCUT2D eigenvalue weighted by Crippen LogP contribution is -2.22. The van der Waals surface area contributed by atoms with Gasteiger partial charge in [0, 0.05) is 11.1 Å². The van der Waals surface area contributed by atoms with Gasteiger partial charge in [-0.05, 0) is 60.7 Å². The molecule has 0 saturated heterocycles. The number of nitrogens with zero attached hydrogens (tertiary/aromatic N) is 4. The van der Waals surface area contributed by atoms with Crippen molar-refractivity contribution >= 4 is 28.8 Å². The van der Waals surface area contributed by atoms with Crippen LogP contribution in [0.4, 0.5) is 22.9 Å². The zero-order valence-electron chi connectivity index (χ0n) is 20.2. The molecule has 0 fully saturated rings. The summed E-state index contributed by atoms with van der Waals surface area (Å²) >= 11 is 0. The summed E-state index contributed by atoms with van der Waals surface area (Å²) in [5.41, 5.74) is 12.2. The van der Waals surface area contributed by atoms with Gasteiger partial charge in [-0.1, -0.05) is 42.5 Å². The van der Waals surface area contributed by atoms with Crippen molar-refractivity contribution in [2.24, 2.45) is 10.7 Å². The number of nitrogens with two attached hydrogens (primary N) is 1. The standard InChI is InChI=1S/C29H25N7O/c1-37-23-14-11-21(12-15-23)24-16-13-22(19-31-24)32-26-9-5-6-10-27(26)33-29(30)34-28-18-17-25(35-36-28)20-7-3-2-4-8-20/h2-19,32H,1H3,(H3,30,33,34,36). The monoisotopic (exact) mass is 487 g/mol. The molecule has 0 aliphatic rings. The molecule has 0 spiro atoms. The Morgan fingerprint density at radius 2 is 1.43 bits per heavy atom. The van der Waals surface area contributed by atoms with Gasteiger partial charge in [-0.15, -0.1) is 10.2 Å². The highest BCUT2D eigenvalue weighted by Crippen LogP contribution is 2.27. The Morgan fingerprint density at radius 1 is 0.730 bits per heavy atom. The number of hydrogen-bond acceptors (Lipinski definition) is 6. The zero-order valence-corrected chi connectivity index (χ0v) is 20.2. The van der Waals surface area contributed by atoms with Crippen molar-refractivity contribution in [1.29, 1.82) is 0 Å². The highest BCUT2D eigenvalue weighted by molar-refractivity contribution is 5.97. The summed E-state index contributed by atoms with van der Waals surface area (Å²) in [5, 5.41) is 15.0. The van der Waals surface area contributed by atoms with Crippen molar-refractivity contribution in [2.45, 2.75) is 0 Å². The van der Waals surface area contributed by atoms with Gasteiger partial charge in [0.1, 0.15) is 5.75 Å². The number of guanidine groups is 1. The van der Waals surface area contributed by atoms with Crippen molar-refractivity contribution < 1.29 is 4.74 Å². The Kier molecular flexibility index (Phi) is 6.99. The third-order valence-electron chi connectivity index (χ3n) is 5.57. The van der Waals surface area contributed by atoms with Crippen LogP contribution >= 0.6 is 0 Å². The molecule has 3 aromatic carbocycles. The van der Waals surface area contributed by atoms with E-state index in [2.05, 4.69) is 30.8 Å². The van der Waals surface area contributed by atoms with Gasteiger partial charge >= 0.3 is 0 Å². The van der Waals surface area contributed by atoms with Crippen molar-refractivity contribution in [2.75, 3.05) is 17.7 Å². The van der Waals surface area contributed by atoms with Crippen molar-refractivity contribution in [3.8, 4) is 28.3 Å². The first-order valence-electron chi connectivity index (χ1n) is 11.6. The molecule has 182 valence electrons. The molecule has 5 rings (SSSR count). The summed E-state index contributed by atoms with van der Waals surface area (Å²) in [6, 6.07) is 32.9. The molecular weight excluding hydrogens is 462 g/mol. The lowest BCUT2D eigenvalue weighted by molar-refractivity contribution is 0.415. The smallest absolute Gasteiger partial charge is 0.199 e. The summed E-state index contributed by atoms with van der Waals surface area (Å²) in [4.78, 5) is 8.94. The minimum atomic E-state index is 0.198. The normalized spacial score (nSPS) is 11.1. The second-order valence-electron chi connectivity index (χ2n) is 8.10. The number of benzene rings is 3. The lowest BCUT2D eigenvalue weighted by Gasteiger charge is -2.13. The van der Waals surface area contributed by atoms with Crippen LogP contribution in [0.2, 0.25) is 0 Å². The van der Waals surface area contributed by atoms with Crippen LogP contribution in [-0.2, 0) is 0 Å². The SMILES string of the molecule is COc1ccc(-c2ccc(Nc3ccccc3NC(N)=Nc3ccc(-c4ccccc4)nn3)cn2)cc1. The maximum Gasteiger partial charge on any atom is 0.199 e. The molecule has 8 heteroatoms. The Hall–Kier alpha value is -5.24. The van der Waals surface area contributed by atoms with E-state index < -0.39 is 0 Å². The van der Waals surface area contributed by atoms with Crippen LogP contribution in [0.3, 0.4) is 0 Å². The molecule has 0 aliphatic carbocycles. The molecule has 8 nitrogen and oxygen atoms in total. The van der Waals surface area contributed by atoms with E-state index in [9.17, 15) is 0 Å². The highest BCUT2D eigenvalue weighted by atomic mass is 16.5. The van der Waals surface area contributed by atoms with Crippen LogP contribution in [0, 0.1) is 0 Å². The Balaban J connectivity index is 1.27. The quantitative estimate of drug-likeness (QED) is 0.190. The first kappa shape index (κ1) is 23.5. The number of rotatable bonds is 7. The molecule has 0 aliphatic heterocycles. The van der Waals surface area contributed by atoms with Crippen molar-refractivity contribution in [1.82, 2.24) is 15.2 Å². The molecule has 0 radical (unpaired) electrons. The number of nitrogens with one attached hydrogen (secondary N) is 2. The topological polar surface area (TPSA) is 110 Å². The number of aliphatic imine (C=N–C) groups is 1. The van der Waals surface area contributed by atoms with Gasteiger partial charge in [0.2, 0.25) is 0 Å². The number of aromatic nitrogens is 3. The van der Waals surface area contributed by atoms with E-state index in [1.165, 1.54) is 0 Å². The second kappa shape index (κ2) is 11.0. The van der Waals surface area contributed by atoms with E-state index in [1.54, 1.807) is 19.4 Å². The fourth-order valence-corrected chi connectivity index (χ4v) is 3.69. The summed E-state index contributed by atoms with van der Waals surface area (Å²) < 4.78 is 5.22. The number of ether oxygens (including phenoxy) is 1. The van der Waals surface area contributed by atoms with Crippen LogP contribution < -0.4 is 21.1 Å². The largest absolute Gasteiger partial charge is 0.497 e. The minimum absolute atomic E-state index is 0.198. The third-order valence-corrected chi connectivity index (χ3v) is 5.57. The molecule has 2 heterocycles. The van der Waals surface area contributed by atoms with Gasteiger partial charge in [0.15, 0.2) is 11.8 Å². The summed E-state index contributed by atoms with van der Waals surface area (Å²) in [6.07, 6.45) is 1.79. The fourth-order valence-electron chi connectivity index (χ4n) is 3.69. The average Bonchev–Trinajstić information content (AvgIpc) is 2.95. The van der Waals surface area contributed by atoms with Crippen LogP contribution in [0.15, 0.2) is 114 Å². The molecule has 0 amide bonds. The van der Waals surface area contributed by atoms with E-state index in [0.29, 0.717) is 5.82 Å². The number of methoxy groups -OCH3 is 1. The molecule has 0 saturated carbocycles. The van der Waals surface area contributed by atoms with Gasteiger partial charge in [0.05, 0.1) is 41.8 Å². The van der Waals surface area contributed by atoms with Crippen molar-refractivity contribution in [3.63, 3.8) is 0 Å². The minimum Gasteiger partial charge on any atom is -0.497 e. The first-order chi connectivity index (χ1) is 18.2. The summed E-state index contributed by atoms with van der Waals surface area (Å²) in [5.74, 6) is 1.42. The lowest BCUT2D eigenvalue weighted by atomic mass is 10.1. The van der Waals surface area contributed by atoms with E-state index in [0.717, 1.165) is 45.3 Å². The predicted octanol–water partition coefficient (Wildman–Crippen LogP) is 6.02. The fraction of sp³-hybridized carbons (Fsp3) is 0.0345. The number of hydrogen-bond donors (Lipinski definition) is 3. The zero-order chi connectivity index (χ0) is 25.5. The van der Waals surface area contributed by atoms with Crippen LogP contribution in [-0.4, -0.2) is 28.3 Å². The van der Waals surface area contributed by atoms with Gasteiger partial charge in [-0.3, -0.25) is 4.98 Å². The van der Waals surface area contributed by atoms with Crippen LogP contribution in [0.1, 0.15) is 0 Å². The van der Waals surface area contributed by atoms with Gasteiger partial charge in [0.25, 0.3) is 0 Å². The van der Waals surface area contributed by atoms with Gasteiger partial charge in [-0.25, -0.2) is 0 Å². The molecular formula is C29H25N7O. The Bertz CT molecular complexity index is 1480. The molecule has 0 unspecified atom stereocenters. The number of anilines is 3. The average molecular weight is 488 g/mol. The summed E-state index contributed by atoms with van der Waals surface area (Å²) in [6.45, 7) is 0. The van der Waals surface area contributed by atoms with E-state index in [4.69, 9.17) is 10.5 Å². The van der Waals surface area contributed by atoms with Gasteiger partial charge < -0.3 is 21.1 Å². The van der Waals surface area contributed by atoms with Crippen LogP contribution in [0.5, 0.6) is 5.75 Å². The van der Waals surface area contributed by atoms with E-state index in [1.807, 2.05) is 97.1 Å². The third kappa shape index (κ3) is 5.88. The predicted molar refractivity (Wildman–Crippen MR) is 148 cm³/mol. The molecule has 0 atom stereocenters. The maximum absolute atomic E-state index is 6.18. The number of para-hydroxylation sites is 2. The van der Waals surface area contributed by atoms with Crippen LogP contribution in [0.25, 0.3) is 22.5 Å². The second-order valence-corrected chi connectivity index (χ2v) is 8.10. The molecule has 37 heavy (non-hydrogen) atoms. The summed E-state index contributed by atoms with van der Waals surface area (Å²) in [7, 11) is 1.65. The van der Waals surface area contributed by atoms with Crippen molar-refractivity contribution in [3.05, 3.63) is 109 Å². The highest BCUT2D eigenvalue weighted by Gasteiger charge is 2.06. The molecule has 4 N–H and O–H groups in total. The molecule has 0 bridgehead atoms. The van der Waals surface area contributed by atoms with Gasteiger partial charge in [-0.2, -0.15) is 4.99 Å². The Morgan fingerprint density at radius 3 is 2.11 bits per heavy atom. The molecule has 5 aromatic rings. The molecule has 2 aromatic heterocycles. The van der Waals surface area contributed by atoms with E-state index >= 15 is 0 Å². The van der Waals surface area contributed by atoms with E-state index in [-0.39, 0.29) is 5.96 Å². The maximum atomic E-state index is 6.18. The Labute approximate surface area is 214 Å².